The van der Waals surface area contributed by atoms with Crippen LogP contribution >= 0.6 is 0 Å². The Bertz CT molecular complexity index is 1150. The van der Waals surface area contributed by atoms with Crippen molar-refractivity contribution in [2.45, 2.75) is 25.7 Å². The highest BCUT2D eigenvalue weighted by atomic mass is 32.2. The van der Waals surface area contributed by atoms with E-state index in [4.69, 9.17) is 4.74 Å². The molecule has 4 rings (SSSR count). The summed E-state index contributed by atoms with van der Waals surface area (Å²) in [6, 6.07) is 10.4. The minimum Gasteiger partial charge on any atom is -0.494 e. The largest absolute Gasteiger partial charge is 0.494 e. The number of hydrogen-bond acceptors (Lipinski definition) is 7. The number of ether oxygens (including phenoxy) is 1. The summed E-state index contributed by atoms with van der Waals surface area (Å²) in [5.41, 5.74) is 1.92. The molecule has 0 amide bonds. The maximum atomic E-state index is 13.0. The quantitative estimate of drug-likeness (QED) is 0.578. The third kappa shape index (κ3) is 4.40. The molecule has 1 aliphatic rings. The lowest BCUT2D eigenvalue weighted by atomic mass is 10.3. The number of aromatic nitrogens is 4. The zero-order valence-corrected chi connectivity index (χ0v) is 18.7. The number of aryl methyl sites for hydroxylation is 2. The monoisotopic (exact) mass is 442 g/mol. The van der Waals surface area contributed by atoms with Crippen molar-refractivity contribution in [3.05, 3.63) is 54.1 Å². The molecular weight excluding hydrogens is 416 g/mol. The van der Waals surface area contributed by atoms with E-state index in [0.717, 1.165) is 17.2 Å². The van der Waals surface area contributed by atoms with Crippen LogP contribution in [0, 0.1) is 13.8 Å². The molecule has 0 bridgehead atoms. The molecule has 164 valence electrons. The Morgan fingerprint density at radius 1 is 0.968 bits per heavy atom. The van der Waals surface area contributed by atoms with Crippen molar-refractivity contribution in [3.63, 3.8) is 0 Å². The van der Waals surface area contributed by atoms with E-state index in [0.29, 0.717) is 44.4 Å². The summed E-state index contributed by atoms with van der Waals surface area (Å²) >= 11 is 0. The van der Waals surface area contributed by atoms with Gasteiger partial charge in [0.25, 0.3) is 0 Å². The number of benzene rings is 1. The van der Waals surface area contributed by atoms with Crippen LogP contribution in [0.5, 0.6) is 5.75 Å². The Morgan fingerprint density at radius 2 is 1.65 bits per heavy atom. The summed E-state index contributed by atoms with van der Waals surface area (Å²) in [4.78, 5) is 11.1. The first kappa shape index (κ1) is 21.3. The van der Waals surface area contributed by atoms with Crippen molar-refractivity contribution >= 4 is 15.8 Å². The molecule has 0 unspecified atom stereocenters. The fourth-order valence-corrected chi connectivity index (χ4v) is 5.09. The Labute approximate surface area is 182 Å². The van der Waals surface area contributed by atoms with E-state index in [9.17, 15) is 8.42 Å². The van der Waals surface area contributed by atoms with Crippen molar-refractivity contribution < 1.29 is 13.2 Å². The second kappa shape index (κ2) is 8.64. The fraction of sp³-hybridized carbons (Fsp3) is 0.381. The van der Waals surface area contributed by atoms with E-state index in [-0.39, 0.29) is 4.90 Å². The third-order valence-corrected chi connectivity index (χ3v) is 7.11. The lowest BCUT2D eigenvalue weighted by Crippen LogP contribution is -2.48. The van der Waals surface area contributed by atoms with Gasteiger partial charge >= 0.3 is 0 Å². The first-order chi connectivity index (χ1) is 14.9. The SMILES string of the molecule is CCOc1ccc(S(=O)(=O)N2CCN(c3cc(-n4nc(C)cc4C)ncn3)CC2)cc1. The molecule has 1 aromatic carbocycles. The second-order valence-electron chi connectivity index (χ2n) is 7.37. The number of rotatable bonds is 6. The van der Waals surface area contributed by atoms with Gasteiger partial charge in [0.05, 0.1) is 17.2 Å². The molecule has 0 spiro atoms. The van der Waals surface area contributed by atoms with Gasteiger partial charge in [0.2, 0.25) is 10.0 Å². The smallest absolute Gasteiger partial charge is 0.243 e. The Morgan fingerprint density at radius 3 is 2.26 bits per heavy atom. The van der Waals surface area contributed by atoms with E-state index in [1.165, 1.54) is 10.6 Å². The number of nitrogens with zero attached hydrogens (tertiary/aromatic N) is 6. The molecule has 3 heterocycles. The van der Waals surface area contributed by atoms with Gasteiger partial charge < -0.3 is 9.64 Å². The van der Waals surface area contributed by atoms with Gasteiger partial charge in [-0.3, -0.25) is 0 Å². The molecule has 0 saturated carbocycles. The summed E-state index contributed by atoms with van der Waals surface area (Å²) in [7, 11) is -3.55. The minimum atomic E-state index is -3.55. The molecule has 1 saturated heterocycles. The van der Waals surface area contributed by atoms with E-state index in [1.54, 1.807) is 28.9 Å². The van der Waals surface area contributed by atoms with Gasteiger partial charge in [0, 0.05) is 37.9 Å². The van der Waals surface area contributed by atoms with E-state index < -0.39 is 10.0 Å². The van der Waals surface area contributed by atoms with Crippen LogP contribution in [0.1, 0.15) is 18.3 Å². The maximum absolute atomic E-state index is 13.0. The lowest BCUT2D eigenvalue weighted by Gasteiger charge is -2.34. The van der Waals surface area contributed by atoms with Crippen LogP contribution in [0.2, 0.25) is 0 Å². The van der Waals surface area contributed by atoms with Crippen LogP contribution in [0.25, 0.3) is 5.82 Å². The highest BCUT2D eigenvalue weighted by Gasteiger charge is 2.29. The molecule has 0 aliphatic carbocycles. The lowest BCUT2D eigenvalue weighted by molar-refractivity contribution is 0.340. The molecular formula is C21H26N6O3S. The standard InChI is InChI=1S/C21H26N6O3S/c1-4-30-18-5-7-19(8-6-18)31(28,29)26-11-9-25(10-12-26)20-14-21(23-15-22-20)27-17(3)13-16(2)24-27/h5-8,13-15H,4,9-12H2,1-3H3. The average molecular weight is 443 g/mol. The molecule has 0 radical (unpaired) electrons. The van der Waals surface area contributed by atoms with Crippen molar-refractivity contribution in [2.24, 2.45) is 0 Å². The van der Waals surface area contributed by atoms with Gasteiger partial charge in [-0.25, -0.2) is 23.1 Å². The van der Waals surface area contributed by atoms with Crippen molar-refractivity contribution in [3.8, 4) is 11.6 Å². The zero-order chi connectivity index (χ0) is 22.0. The predicted molar refractivity (Wildman–Crippen MR) is 117 cm³/mol. The van der Waals surface area contributed by atoms with E-state index in [2.05, 4.69) is 20.0 Å². The van der Waals surface area contributed by atoms with Gasteiger partial charge in [-0.05, 0) is 51.1 Å². The molecule has 10 heteroatoms. The van der Waals surface area contributed by atoms with Gasteiger partial charge in [-0.2, -0.15) is 9.40 Å². The minimum absolute atomic E-state index is 0.276. The Balaban J connectivity index is 1.46. The fourth-order valence-electron chi connectivity index (χ4n) is 3.67. The molecule has 9 nitrogen and oxygen atoms in total. The van der Waals surface area contributed by atoms with Gasteiger partial charge in [-0.1, -0.05) is 0 Å². The summed E-state index contributed by atoms with van der Waals surface area (Å²) in [5, 5.41) is 4.47. The van der Waals surface area contributed by atoms with Crippen molar-refractivity contribution in [1.82, 2.24) is 24.1 Å². The first-order valence-electron chi connectivity index (χ1n) is 10.2. The van der Waals surface area contributed by atoms with Gasteiger partial charge in [0.15, 0.2) is 5.82 Å². The van der Waals surface area contributed by atoms with Gasteiger partial charge in [-0.15, -0.1) is 0 Å². The Kier molecular flexibility index (Phi) is 5.92. The molecule has 31 heavy (non-hydrogen) atoms. The van der Waals surface area contributed by atoms with Crippen LogP contribution < -0.4 is 9.64 Å². The predicted octanol–water partition coefficient (Wildman–Crippen LogP) is 2.19. The highest BCUT2D eigenvalue weighted by Crippen LogP contribution is 2.23. The van der Waals surface area contributed by atoms with Crippen LogP contribution in [-0.4, -0.2) is 65.3 Å². The molecule has 0 N–H and O–H groups in total. The van der Waals surface area contributed by atoms with Gasteiger partial charge in [0.1, 0.15) is 17.9 Å². The van der Waals surface area contributed by atoms with Crippen LogP contribution in [-0.2, 0) is 10.0 Å². The highest BCUT2D eigenvalue weighted by molar-refractivity contribution is 7.89. The maximum Gasteiger partial charge on any atom is 0.243 e. The molecule has 3 aromatic rings. The molecule has 0 atom stereocenters. The zero-order valence-electron chi connectivity index (χ0n) is 17.9. The first-order valence-corrected chi connectivity index (χ1v) is 11.7. The van der Waals surface area contributed by atoms with Crippen molar-refractivity contribution in [2.75, 3.05) is 37.7 Å². The average Bonchev–Trinajstić information content (AvgIpc) is 3.12. The molecule has 2 aromatic heterocycles. The van der Waals surface area contributed by atoms with Crippen molar-refractivity contribution in [1.29, 1.82) is 0 Å². The van der Waals surface area contributed by atoms with Crippen LogP contribution in [0.4, 0.5) is 5.82 Å². The van der Waals surface area contributed by atoms with Crippen LogP contribution in [0.3, 0.4) is 0 Å². The molecule has 1 aliphatic heterocycles. The summed E-state index contributed by atoms with van der Waals surface area (Å²) < 4.78 is 34.7. The van der Waals surface area contributed by atoms with E-state index in [1.807, 2.05) is 32.9 Å². The third-order valence-electron chi connectivity index (χ3n) is 5.20. The number of sulfonamides is 1. The summed E-state index contributed by atoms with van der Waals surface area (Å²) in [6.07, 6.45) is 1.52. The number of anilines is 1. The second-order valence-corrected chi connectivity index (χ2v) is 9.31. The molecule has 1 fully saturated rings. The number of hydrogen-bond donors (Lipinski definition) is 0. The topological polar surface area (TPSA) is 93.5 Å². The Hall–Kier alpha value is -2.98. The van der Waals surface area contributed by atoms with E-state index >= 15 is 0 Å². The van der Waals surface area contributed by atoms with Crippen LogP contribution in [0.15, 0.2) is 47.6 Å². The summed E-state index contributed by atoms with van der Waals surface area (Å²) in [6.45, 7) is 8.21. The summed E-state index contributed by atoms with van der Waals surface area (Å²) in [5.74, 6) is 2.11. The normalized spacial score (nSPS) is 15.3. The number of piperazine rings is 1.